The Morgan fingerprint density at radius 2 is 1.57 bits per heavy atom. The Morgan fingerprint density at radius 1 is 0.919 bits per heavy atom. The smallest absolute Gasteiger partial charge is 0.303 e. The second-order valence-electron chi connectivity index (χ2n) is 8.49. The van der Waals surface area contributed by atoms with Gasteiger partial charge in [0.25, 0.3) is 0 Å². The topological polar surface area (TPSA) is 81.7 Å². The minimum atomic E-state index is -0.815. The van der Waals surface area contributed by atoms with Gasteiger partial charge in [0.05, 0.1) is 0 Å². The molecule has 37 heavy (non-hydrogen) atoms. The van der Waals surface area contributed by atoms with Crippen LogP contribution in [0.5, 0.6) is 0 Å². The molecule has 0 saturated carbocycles. The van der Waals surface area contributed by atoms with Gasteiger partial charge in [-0.3, -0.25) is 14.4 Å². The molecule has 0 aliphatic carbocycles. The van der Waals surface area contributed by atoms with E-state index >= 15 is 0 Å². The average molecular weight is 506 g/mol. The number of allylic oxidation sites excluding steroid dienone is 13. The first-order valence-corrected chi connectivity index (χ1v) is 12.4. The Morgan fingerprint density at radius 3 is 2.27 bits per heavy atom. The molecular weight excluding hydrogens is 466 g/mol. The molecule has 198 valence electrons. The number of rotatable bonds is 5. The van der Waals surface area contributed by atoms with Crippen LogP contribution in [0.1, 0.15) is 47.5 Å². The summed E-state index contributed by atoms with van der Waals surface area (Å²) in [6.45, 7) is 8.36. The Kier molecular flexibility index (Phi) is 15.4. The number of nitrogens with one attached hydrogen (secondary N) is 1. The Balaban J connectivity index is 3.30. The number of amides is 1. The van der Waals surface area contributed by atoms with Crippen molar-refractivity contribution in [2.75, 3.05) is 0 Å². The lowest BCUT2D eigenvalue weighted by Crippen LogP contribution is -2.32. The highest BCUT2D eigenvalue weighted by molar-refractivity contribution is 5.88. The van der Waals surface area contributed by atoms with Gasteiger partial charge in [0.1, 0.15) is 0 Å². The van der Waals surface area contributed by atoms with E-state index in [9.17, 15) is 14.4 Å². The van der Waals surface area contributed by atoms with Crippen molar-refractivity contribution in [1.29, 1.82) is 0 Å². The summed E-state index contributed by atoms with van der Waals surface area (Å²) in [5.41, 5.74) is 1.77. The molecule has 0 saturated heterocycles. The van der Waals surface area contributed by atoms with Crippen LogP contribution in [-0.4, -0.2) is 36.1 Å². The molecule has 0 spiro atoms. The summed E-state index contributed by atoms with van der Waals surface area (Å²) in [6, 6.07) is -0.0407. The predicted octanol–water partition coefficient (Wildman–Crippen LogP) is 5.93. The van der Waals surface area contributed by atoms with Crippen LogP contribution in [-0.2, 0) is 23.9 Å². The van der Waals surface area contributed by atoms with Crippen LogP contribution in [0.15, 0.2) is 108 Å². The molecule has 1 amide bonds. The molecule has 0 bridgehead atoms. The van der Waals surface area contributed by atoms with E-state index in [1.54, 1.807) is 36.5 Å². The van der Waals surface area contributed by atoms with E-state index in [1.807, 2.05) is 75.5 Å². The van der Waals surface area contributed by atoms with Crippen molar-refractivity contribution in [2.24, 2.45) is 0 Å². The van der Waals surface area contributed by atoms with Gasteiger partial charge in [0.15, 0.2) is 12.2 Å². The number of hydrogen-bond acceptors (Lipinski definition) is 5. The molecule has 1 aliphatic rings. The molecule has 0 aromatic rings. The van der Waals surface area contributed by atoms with E-state index in [0.717, 1.165) is 11.1 Å². The van der Waals surface area contributed by atoms with Gasteiger partial charge in [-0.05, 0) is 45.8 Å². The summed E-state index contributed by atoms with van der Waals surface area (Å²) in [6.07, 6.45) is 29.2. The first-order chi connectivity index (χ1) is 17.7. The van der Waals surface area contributed by atoms with E-state index in [0.29, 0.717) is 12.8 Å². The normalized spacial score (nSPS) is 29.1. The highest BCUT2D eigenvalue weighted by atomic mass is 16.6. The molecular formula is C31H39NO5. The van der Waals surface area contributed by atoms with E-state index in [2.05, 4.69) is 5.32 Å². The molecule has 1 aliphatic heterocycles. The number of hydrogen-bond donors (Lipinski definition) is 1. The van der Waals surface area contributed by atoms with Crippen molar-refractivity contribution >= 4 is 17.8 Å². The van der Waals surface area contributed by atoms with Gasteiger partial charge in [0, 0.05) is 26.0 Å². The minimum absolute atomic E-state index is 0.0407. The lowest BCUT2D eigenvalue weighted by Gasteiger charge is -2.22. The summed E-state index contributed by atoms with van der Waals surface area (Å²) >= 11 is 0. The fourth-order valence-electron chi connectivity index (χ4n) is 3.26. The molecule has 6 heteroatoms. The molecule has 0 aromatic heterocycles. The third-order valence-corrected chi connectivity index (χ3v) is 4.97. The third-order valence-electron chi connectivity index (χ3n) is 4.97. The number of carbonyl (C=O) groups excluding carboxylic acids is 3. The zero-order chi connectivity index (χ0) is 27.5. The Bertz CT molecular complexity index is 1030. The van der Waals surface area contributed by atoms with E-state index < -0.39 is 24.1 Å². The number of carbonyl (C=O) groups is 3. The average Bonchev–Trinajstić information content (AvgIpc) is 2.82. The van der Waals surface area contributed by atoms with E-state index in [1.165, 1.54) is 19.9 Å². The molecule has 0 unspecified atom stereocenters. The molecule has 1 rings (SSSR count). The second-order valence-corrected chi connectivity index (χ2v) is 8.49. The number of ether oxygens (including phenoxy) is 2. The monoisotopic (exact) mass is 505 g/mol. The largest absolute Gasteiger partial charge is 0.454 e. The minimum Gasteiger partial charge on any atom is -0.454 e. The fraction of sp³-hybridized carbons (Fsp3) is 0.323. The highest BCUT2D eigenvalue weighted by Gasteiger charge is 2.23. The zero-order valence-electron chi connectivity index (χ0n) is 22.4. The van der Waals surface area contributed by atoms with Crippen LogP contribution in [0.4, 0.5) is 0 Å². The van der Waals surface area contributed by atoms with Gasteiger partial charge in [-0.15, -0.1) is 0 Å². The highest BCUT2D eigenvalue weighted by Crippen LogP contribution is 2.13. The van der Waals surface area contributed by atoms with Gasteiger partial charge in [-0.1, -0.05) is 90.1 Å². The first kappa shape index (κ1) is 31.1. The molecule has 0 aromatic carbocycles. The van der Waals surface area contributed by atoms with Crippen LogP contribution in [0.3, 0.4) is 0 Å². The molecule has 6 nitrogen and oxygen atoms in total. The Labute approximate surface area is 221 Å². The maximum atomic E-state index is 12.5. The maximum Gasteiger partial charge on any atom is 0.303 e. The summed E-state index contributed by atoms with van der Waals surface area (Å²) in [5.74, 6) is -1.17. The summed E-state index contributed by atoms with van der Waals surface area (Å²) in [4.78, 5) is 35.9. The van der Waals surface area contributed by atoms with Crippen LogP contribution in [0.25, 0.3) is 0 Å². The third kappa shape index (κ3) is 15.6. The summed E-state index contributed by atoms with van der Waals surface area (Å²) < 4.78 is 10.8. The molecule has 0 fully saturated rings. The standard InChI is InChI=1S/C31H39NO5/c1-6-7-8-9-19-28-20-13-10-16-24(2)17-11-14-21-29(36-26(4)33)30(37-27(5)34)23-25(3)18-12-15-22-31(35)32-28/h6-18,21-23,28-30H,19-20H2,1-5H3,(H,32,35)/b7-6+,9-8+,13-10+,17-11+,18-12+,21-14-,22-15+,24-16+,25-23+/t28-,29-,30+/m1/s1. The lowest BCUT2D eigenvalue weighted by atomic mass is 10.1. The van der Waals surface area contributed by atoms with Crippen LogP contribution in [0, 0.1) is 0 Å². The molecule has 1 heterocycles. The van der Waals surface area contributed by atoms with Gasteiger partial charge < -0.3 is 14.8 Å². The second kappa shape index (κ2) is 18.4. The van der Waals surface area contributed by atoms with Crippen LogP contribution >= 0.6 is 0 Å². The molecule has 1 N–H and O–H groups in total. The lowest BCUT2D eigenvalue weighted by molar-refractivity contribution is -0.158. The van der Waals surface area contributed by atoms with Gasteiger partial charge in [-0.2, -0.15) is 0 Å². The van der Waals surface area contributed by atoms with Crippen molar-refractivity contribution in [2.45, 2.75) is 65.7 Å². The van der Waals surface area contributed by atoms with E-state index in [4.69, 9.17) is 9.47 Å². The van der Waals surface area contributed by atoms with Crippen molar-refractivity contribution < 1.29 is 23.9 Å². The maximum absolute atomic E-state index is 12.5. The van der Waals surface area contributed by atoms with Crippen molar-refractivity contribution in [1.82, 2.24) is 5.32 Å². The first-order valence-electron chi connectivity index (χ1n) is 12.4. The van der Waals surface area contributed by atoms with Gasteiger partial charge in [-0.25, -0.2) is 0 Å². The summed E-state index contributed by atoms with van der Waals surface area (Å²) in [5, 5.41) is 3.04. The number of esters is 2. The molecule has 3 atom stereocenters. The predicted molar refractivity (Wildman–Crippen MR) is 149 cm³/mol. The quantitative estimate of drug-likeness (QED) is 0.370. The van der Waals surface area contributed by atoms with Gasteiger partial charge >= 0.3 is 11.9 Å². The van der Waals surface area contributed by atoms with Crippen molar-refractivity contribution in [3.05, 3.63) is 108 Å². The SMILES string of the molecule is C/C=C/C=C/C[C@@H]1C/C=C/C=C(C)/C=C/C=C\[C@@H](OC(C)=O)[C@@H](OC(C)=O)/C=C(C)/C=C/C=C/C(=O)N1. The fourth-order valence-corrected chi connectivity index (χ4v) is 3.26. The van der Waals surface area contributed by atoms with Crippen molar-refractivity contribution in [3.63, 3.8) is 0 Å². The summed E-state index contributed by atoms with van der Waals surface area (Å²) in [7, 11) is 0. The van der Waals surface area contributed by atoms with Crippen LogP contribution < -0.4 is 5.32 Å². The van der Waals surface area contributed by atoms with Crippen molar-refractivity contribution in [3.8, 4) is 0 Å². The van der Waals surface area contributed by atoms with Gasteiger partial charge in [0.2, 0.25) is 5.91 Å². The van der Waals surface area contributed by atoms with E-state index in [-0.39, 0.29) is 11.9 Å². The molecule has 0 radical (unpaired) electrons. The van der Waals surface area contributed by atoms with Crippen LogP contribution in [0.2, 0.25) is 0 Å². The Hall–Kier alpha value is -3.93. The zero-order valence-corrected chi connectivity index (χ0v) is 22.4.